The van der Waals surface area contributed by atoms with E-state index in [2.05, 4.69) is 15.9 Å². The van der Waals surface area contributed by atoms with E-state index in [9.17, 15) is 12.8 Å². The van der Waals surface area contributed by atoms with Gasteiger partial charge in [0.15, 0.2) is 9.84 Å². The summed E-state index contributed by atoms with van der Waals surface area (Å²) < 4.78 is 43.4. The van der Waals surface area contributed by atoms with Crippen LogP contribution in [0.1, 0.15) is 5.56 Å². The van der Waals surface area contributed by atoms with E-state index in [1.54, 1.807) is 18.2 Å². The Morgan fingerprint density at radius 1 is 1.20 bits per heavy atom. The summed E-state index contributed by atoms with van der Waals surface area (Å²) in [6.07, 6.45) is 0. The fraction of sp³-hybridized carbons (Fsp3) is 0.143. The highest BCUT2D eigenvalue weighted by molar-refractivity contribution is 9.10. The van der Waals surface area contributed by atoms with Gasteiger partial charge in [0.2, 0.25) is 0 Å². The van der Waals surface area contributed by atoms with Crippen molar-refractivity contribution in [1.82, 2.24) is 0 Å². The average molecular weight is 359 g/mol. The molecule has 0 heterocycles. The van der Waals surface area contributed by atoms with E-state index in [1.807, 2.05) is 0 Å². The molecule has 0 aromatic heterocycles. The van der Waals surface area contributed by atoms with Crippen LogP contribution >= 0.6 is 15.9 Å². The molecule has 0 aliphatic rings. The number of hydrogen-bond donors (Lipinski definition) is 0. The number of halogens is 2. The number of methoxy groups -OCH3 is 1. The normalized spacial score (nSPS) is 11.3. The van der Waals surface area contributed by atoms with Crippen molar-refractivity contribution in [2.24, 2.45) is 0 Å². The van der Waals surface area contributed by atoms with Gasteiger partial charge in [-0.25, -0.2) is 12.8 Å². The zero-order valence-corrected chi connectivity index (χ0v) is 13.0. The summed E-state index contributed by atoms with van der Waals surface area (Å²) in [7, 11) is -2.08. The van der Waals surface area contributed by atoms with Crippen molar-refractivity contribution < 1.29 is 17.5 Å². The van der Waals surface area contributed by atoms with Crippen molar-refractivity contribution in [3.63, 3.8) is 0 Å². The zero-order valence-electron chi connectivity index (χ0n) is 10.6. The molecule has 0 N–H and O–H groups in total. The largest absolute Gasteiger partial charge is 0.497 e. The van der Waals surface area contributed by atoms with Crippen LogP contribution in [-0.4, -0.2) is 15.5 Å². The minimum absolute atomic E-state index is 0.150. The Hall–Kier alpha value is -1.40. The van der Waals surface area contributed by atoms with Crippen LogP contribution in [0.4, 0.5) is 4.39 Å². The summed E-state index contributed by atoms with van der Waals surface area (Å²) in [5, 5.41) is 0. The summed E-state index contributed by atoms with van der Waals surface area (Å²) in [4.78, 5) is 0.150. The highest BCUT2D eigenvalue weighted by Gasteiger charge is 2.16. The van der Waals surface area contributed by atoms with Crippen molar-refractivity contribution in [3.05, 3.63) is 58.3 Å². The monoisotopic (exact) mass is 358 g/mol. The average Bonchev–Trinajstić information content (AvgIpc) is 2.37. The first kappa shape index (κ1) is 15.0. The van der Waals surface area contributed by atoms with E-state index >= 15 is 0 Å². The Bertz CT molecular complexity index is 709. The lowest BCUT2D eigenvalue weighted by atomic mass is 10.2. The number of benzene rings is 2. The first-order valence-electron chi connectivity index (χ1n) is 5.72. The molecule has 0 aliphatic carbocycles. The van der Waals surface area contributed by atoms with Crippen LogP contribution in [0.2, 0.25) is 0 Å². The van der Waals surface area contributed by atoms with Crippen molar-refractivity contribution in [2.75, 3.05) is 7.11 Å². The molecular weight excluding hydrogens is 347 g/mol. The molecule has 0 spiro atoms. The number of sulfone groups is 1. The van der Waals surface area contributed by atoms with Crippen LogP contribution < -0.4 is 4.74 Å². The third-order valence-electron chi connectivity index (χ3n) is 2.68. The molecule has 2 aromatic carbocycles. The standard InChI is InChI=1S/C14H12BrFO3S/c1-19-13-3-2-4-14(8-13)20(17,18)9-10-5-11(15)7-12(16)6-10/h2-8H,9H2,1H3. The van der Waals surface area contributed by atoms with Gasteiger partial charge in [0.05, 0.1) is 17.8 Å². The smallest absolute Gasteiger partial charge is 0.182 e. The lowest BCUT2D eigenvalue weighted by molar-refractivity contribution is 0.413. The molecule has 6 heteroatoms. The molecule has 3 nitrogen and oxygen atoms in total. The molecule has 0 fully saturated rings. The maximum absolute atomic E-state index is 13.3. The van der Waals surface area contributed by atoms with Gasteiger partial charge in [-0.1, -0.05) is 22.0 Å². The second-order valence-corrected chi connectivity index (χ2v) is 7.12. The molecule has 0 bridgehead atoms. The van der Waals surface area contributed by atoms with E-state index < -0.39 is 15.7 Å². The molecule has 0 unspecified atom stereocenters. The van der Waals surface area contributed by atoms with Crippen molar-refractivity contribution in [1.29, 1.82) is 0 Å². The Balaban J connectivity index is 2.35. The molecular formula is C14H12BrFO3S. The molecule has 0 saturated carbocycles. The van der Waals surface area contributed by atoms with E-state index in [4.69, 9.17) is 4.74 Å². The van der Waals surface area contributed by atoms with Gasteiger partial charge >= 0.3 is 0 Å². The van der Waals surface area contributed by atoms with Gasteiger partial charge in [-0.2, -0.15) is 0 Å². The molecule has 0 atom stereocenters. The number of ether oxygens (including phenoxy) is 1. The minimum atomic E-state index is -3.55. The van der Waals surface area contributed by atoms with Crippen LogP contribution in [0.15, 0.2) is 51.8 Å². The third kappa shape index (κ3) is 3.58. The lowest BCUT2D eigenvalue weighted by Crippen LogP contribution is -2.05. The molecule has 106 valence electrons. The van der Waals surface area contributed by atoms with Crippen LogP contribution in [0.25, 0.3) is 0 Å². The maximum atomic E-state index is 13.3. The van der Waals surface area contributed by atoms with Gasteiger partial charge in [-0.05, 0) is 42.0 Å². The van der Waals surface area contributed by atoms with E-state index in [1.165, 1.54) is 31.4 Å². The third-order valence-corrected chi connectivity index (χ3v) is 4.82. The Labute approximate surface area is 125 Å². The summed E-state index contributed by atoms with van der Waals surface area (Å²) in [5.41, 5.74) is 0.389. The van der Waals surface area contributed by atoms with E-state index in [0.29, 0.717) is 15.8 Å². The van der Waals surface area contributed by atoms with Gasteiger partial charge < -0.3 is 4.74 Å². The Kier molecular flexibility index (Phi) is 4.45. The summed E-state index contributed by atoms with van der Waals surface area (Å²) in [6, 6.07) is 10.3. The fourth-order valence-corrected chi connectivity index (χ4v) is 3.66. The van der Waals surface area contributed by atoms with Gasteiger partial charge in [0, 0.05) is 4.47 Å². The molecule has 20 heavy (non-hydrogen) atoms. The second kappa shape index (κ2) is 5.93. The molecule has 0 radical (unpaired) electrons. The van der Waals surface area contributed by atoms with Gasteiger partial charge in [0.1, 0.15) is 11.6 Å². The van der Waals surface area contributed by atoms with Gasteiger partial charge in [0.25, 0.3) is 0 Å². The van der Waals surface area contributed by atoms with Crippen molar-refractivity contribution in [3.8, 4) is 5.75 Å². The Morgan fingerprint density at radius 2 is 1.95 bits per heavy atom. The molecule has 2 rings (SSSR count). The molecule has 0 aliphatic heterocycles. The SMILES string of the molecule is COc1cccc(S(=O)(=O)Cc2cc(F)cc(Br)c2)c1. The predicted octanol–water partition coefficient (Wildman–Crippen LogP) is 3.57. The van der Waals surface area contributed by atoms with Crippen LogP contribution in [0.5, 0.6) is 5.75 Å². The second-order valence-electron chi connectivity index (χ2n) is 4.22. The maximum Gasteiger partial charge on any atom is 0.182 e. The zero-order chi connectivity index (χ0) is 14.8. The fourth-order valence-electron chi connectivity index (χ4n) is 1.79. The van der Waals surface area contributed by atoms with Crippen LogP contribution in [-0.2, 0) is 15.6 Å². The van der Waals surface area contributed by atoms with Crippen molar-refractivity contribution in [2.45, 2.75) is 10.6 Å². The molecule has 0 amide bonds. The minimum Gasteiger partial charge on any atom is -0.497 e. The molecule has 2 aromatic rings. The van der Waals surface area contributed by atoms with Crippen LogP contribution in [0.3, 0.4) is 0 Å². The number of rotatable bonds is 4. The summed E-state index contributed by atoms with van der Waals surface area (Å²) in [5.74, 6) is -0.280. The summed E-state index contributed by atoms with van der Waals surface area (Å²) >= 11 is 3.14. The first-order chi connectivity index (χ1) is 9.40. The molecule has 0 saturated heterocycles. The Morgan fingerprint density at radius 3 is 2.60 bits per heavy atom. The first-order valence-corrected chi connectivity index (χ1v) is 8.17. The topological polar surface area (TPSA) is 43.4 Å². The van der Waals surface area contributed by atoms with Crippen LogP contribution in [0, 0.1) is 5.82 Å². The summed E-state index contributed by atoms with van der Waals surface area (Å²) in [6.45, 7) is 0. The number of hydrogen-bond acceptors (Lipinski definition) is 3. The van der Waals surface area contributed by atoms with Crippen molar-refractivity contribution >= 4 is 25.8 Å². The lowest BCUT2D eigenvalue weighted by Gasteiger charge is -2.07. The predicted molar refractivity (Wildman–Crippen MR) is 78.0 cm³/mol. The highest BCUT2D eigenvalue weighted by atomic mass is 79.9. The highest BCUT2D eigenvalue weighted by Crippen LogP contribution is 2.23. The van der Waals surface area contributed by atoms with Gasteiger partial charge in [-0.15, -0.1) is 0 Å². The van der Waals surface area contributed by atoms with E-state index in [0.717, 1.165) is 0 Å². The van der Waals surface area contributed by atoms with Gasteiger partial charge in [-0.3, -0.25) is 0 Å². The van der Waals surface area contributed by atoms with E-state index in [-0.39, 0.29) is 10.6 Å². The quantitative estimate of drug-likeness (QED) is 0.838.